The van der Waals surface area contributed by atoms with Crippen molar-refractivity contribution in [3.63, 3.8) is 0 Å². The molecule has 0 aliphatic heterocycles. The van der Waals surface area contributed by atoms with Crippen molar-refractivity contribution in [1.82, 2.24) is 0 Å². The molecule has 0 aliphatic carbocycles. The van der Waals surface area contributed by atoms with Crippen molar-refractivity contribution in [3.05, 3.63) is 0 Å². The molecule has 6 heteroatoms. The predicted octanol–water partition coefficient (Wildman–Crippen LogP) is -0.478. The first-order valence-corrected chi connectivity index (χ1v) is 0. The predicted molar refractivity (Wildman–Crippen MR) is 2.75 cm³/mol. The molecule has 0 aromatic rings. The summed E-state index contributed by atoms with van der Waals surface area (Å²) in [6.45, 7) is 0. The molecule has 0 aromatic carbocycles. The summed E-state index contributed by atoms with van der Waals surface area (Å²) in [6, 6.07) is 0. The Labute approximate surface area is 78.4 Å². The Bertz CT molecular complexity index is 7.51. The summed E-state index contributed by atoms with van der Waals surface area (Å²) in [5, 5.41) is 0. The van der Waals surface area contributed by atoms with Gasteiger partial charge in [0, 0.05) is 31.1 Å². The molecule has 0 spiro atoms. The van der Waals surface area contributed by atoms with Crippen LogP contribution in [0.2, 0.25) is 0 Å². The average Bonchev–Trinajstić information content (AvgIpc) is 0. The smallest absolute Gasteiger partial charge is 2.00 e. The second-order valence-electron chi connectivity index (χ2n) is 0. The van der Waals surface area contributed by atoms with Crippen LogP contribution in [0.5, 0.6) is 0 Å². The van der Waals surface area contributed by atoms with Gasteiger partial charge in [0.2, 0.25) is 0 Å². The van der Waals surface area contributed by atoms with Crippen molar-refractivity contribution in [1.29, 1.82) is 0 Å². The van der Waals surface area contributed by atoms with Crippen LogP contribution in [0.1, 0.15) is 0 Å². The first-order chi connectivity index (χ1) is 0. The normalized spacial score (nSPS) is 0. The summed E-state index contributed by atoms with van der Waals surface area (Å²) in [5.74, 6) is 0. The first-order valence-electron chi connectivity index (χ1n) is 0. The van der Waals surface area contributed by atoms with Crippen LogP contribution in [0, 0.1) is 31.1 Å². The quantitative estimate of drug-likeness (QED) is 0.529. The molecular weight excluding hydrogens is 393 g/mol. The number of hydrogen-bond donors (Lipinski definition) is 0. The fourth-order valence-electron chi connectivity index (χ4n) is 0. The van der Waals surface area contributed by atoms with Crippen LogP contribution in [0.25, 0.3) is 0 Å². The molecule has 0 atom stereocenters. The zero-order chi connectivity index (χ0) is 0. The zero-order valence-electron chi connectivity index (χ0n) is 2.63. The maximum absolute atomic E-state index is 0. The van der Waals surface area contributed by atoms with E-state index in [2.05, 4.69) is 0 Å². The van der Waals surface area contributed by atoms with Gasteiger partial charge in [-0.25, -0.2) is 0 Å². The average molecular weight is 393 g/mol. The summed E-state index contributed by atoms with van der Waals surface area (Å²) >= 11 is 0. The van der Waals surface area contributed by atoms with E-state index in [1.54, 1.807) is 0 Å². The van der Waals surface area contributed by atoms with Crippen LogP contribution in [-0.2, 0) is 48.1 Å². The largest absolute Gasteiger partial charge is 4.00 e. The van der Waals surface area contributed by atoms with E-state index in [1.165, 1.54) is 0 Å². The van der Waals surface area contributed by atoms with E-state index in [4.69, 9.17) is 0 Å². The summed E-state index contributed by atoms with van der Waals surface area (Å²) < 4.78 is 0. The molecule has 0 aliphatic rings. The maximum Gasteiger partial charge on any atom is 4.00 e. The SMILES string of the molecule is [O-2].[O-2].[O-2].[O-2].[U].[Zr+4]. The van der Waals surface area contributed by atoms with Gasteiger partial charge in [0.15, 0.2) is 0 Å². The topological polar surface area (TPSA) is 114 Å². The fraction of sp³-hybridized carbons (Fsp3) is 0. The summed E-state index contributed by atoms with van der Waals surface area (Å²) in [5.41, 5.74) is 0. The van der Waals surface area contributed by atoms with Gasteiger partial charge in [-0.2, -0.15) is 0 Å². The molecule has 0 heterocycles. The Balaban J connectivity index is 0. The Morgan fingerprint density at radius 1 is 0.500 bits per heavy atom. The third kappa shape index (κ3) is 41.8. The van der Waals surface area contributed by atoms with Gasteiger partial charge in [-0.05, 0) is 0 Å². The third-order valence-electron chi connectivity index (χ3n) is 0. The van der Waals surface area contributed by atoms with Gasteiger partial charge < -0.3 is 21.9 Å². The second-order valence-corrected chi connectivity index (χ2v) is 0. The molecule has 0 fully saturated rings. The molecule has 0 saturated heterocycles. The summed E-state index contributed by atoms with van der Waals surface area (Å²) in [7, 11) is 0. The van der Waals surface area contributed by atoms with Gasteiger partial charge in [-0.3, -0.25) is 0 Å². The number of hydrogen-bond acceptors (Lipinski definition) is 0. The standard InChI is InChI=1S/4O.U.Zr/q4*-2;;+4. The summed E-state index contributed by atoms with van der Waals surface area (Å²) in [6.07, 6.45) is 0. The van der Waals surface area contributed by atoms with Crippen molar-refractivity contribution in [2.45, 2.75) is 0 Å². The van der Waals surface area contributed by atoms with Gasteiger partial charge in [-0.1, -0.05) is 0 Å². The van der Waals surface area contributed by atoms with Gasteiger partial charge in [0.1, 0.15) is 0 Å². The molecule has 0 aromatic heterocycles. The second kappa shape index (κ2) is 71.7. The van der Waals surface area contributed by atoms with Crippen molar-refractivity contribution >= 4 is 0 Å². The van der Waals surface area contributed by atoms with E-state index in [0.717, 1.165) is 0 Å². The molecule has 0 radical (unpaired) electrons. The molecule has 0 bridgehead atoms. The van der Waals surface area contributed by atoms with Crippen molar-refractivity contribution in [3.8, 4) is 0 Å². The third-order valence-corrected chi connectivity index (χ3v) is 0. The minimum absolute atomic E-state index is 0. The molecule has 0 rings (SSSR count). The minimum atomic E-state index is 0. The summed E-state index contributed by atoms with van der Waals surface area (Å²) in [4.78, 5) is 0. The Kier molecular flexibility index (Phi) is 1350. The van der Waals surface area contributed by atoms with Crippen LogP contribution >= 0.6 is 0 Å². The van der Waals surface area contributed by atoms with Crippen LogP contribution in [0.3, 0.4) is 0 Å². The number of rotatable bonds is 0. The molecule has 4 nitrogen and oxygen atoms in total. The minimum Gasteiger partial charge on any atom is -2.00 e. The first kappa shape index (κ1) is 113. The maximum atomic E-state index is 0. The van der Waals surface area contributed by atoms with Crippen molar-refractivity contribution < 1.29 is 79.2 Å². The van der Waals surface area contributed by atoms with E-state index in [9.17, 15) is 0 Å². The molecule has 36 valence electrons. The Morgan fingerprint density at radius 3 is 0.500 bits per heavy atom. The molecule has 0 N–H and O–H groups in total. The van der Waals surface area contributed by atoms with E-state index >= 15 is 0 Å². The molecule has 0 amide bonds. The van der Waals surface area contributed by atoms with Crippen LogP contribution < -0.4 is 0 Å². The fourth-order valence-corrected chi connectivity index (χ4v) is 0. The molecule has 0 unspecified atom stereocenters. The zero-order valence-corrected chi connectivity index (χ0v) is 9.25. The van der Waals surface area contributed by atoms with E-state index in [1.807, 2.05) is 0 Å². The van der Waals surface area contributed by atoms with Crippen LogP contribution in [0.4, 0.5) is 0 Å². The van der Waals surface area contributed by atoms with E-state index in [0.29, 0.717) is 0 Å². The van der Waals surface area contributed by atoms with Crippen LogP contribution in [-0.4, -0.2) is 0 Å². The molecular formula is O4UZr-4. The van der Waals surface area contributed by atoms with Crippen LogP contribution in [0.15, 0.2) is 0 Å². The Hall–Kier alpha value is 1.78. The van der Waals surface area contributed by atoms with E-state index in [-0.39, 0.29) is 79.2 Å². The van der Waals surface area contributed by atoms with Gasteiger partial charge in [-0.15, -0.1) is 0 Å². The van der Waals surface area contributed by atoms with Gasteiger partial charge in [0.05, 0.1) is 0 Å². The monoisotopic (exact) mass is 392 g/mol. The van der Waals surface area contributed by atoms with Gasteiger partial charge in [0.25, 0.3) is 0 Å². The van der Waals surface area contributed by atoms with Gasteiger partial charge >= 0.3 is 26.2 Å². The molecule has 6 heavy (non-hydrogen) atoms. The molecule has 0 saturated carbocycles. The Morgan fingerprint density at radius 2 is 0.500 bits per heavy atom. The van der Waals surface area contributed by atoms with Crippen molar-refractivity contribution in [2.24, 2.45) is 0 Å². The van der Waals surface area contributed by atoms with Crippen molar-refractivity contribution in [2.75, 3.05) is 0 Å². The van der Waals surface area contributed by atoms with E-state index < -0.39 is 0 Å².